The molecular formula is C17H21N3O3. The Bertz CT molecular complexity index is 696. The van der Waals surface area contributed by atoms with Crippen molar-refractivity contribution in [1.82, 2.24) is 10.6 Å². The molecule has 1 aliphatic heterocycles. The molecule has 0 unspecified atom stereocenters. The predicted octanol–water partition coefficient (Wildman–Crippen LogP) is 2.88. The van der Waals surface area contributed by atoms with Crippen molar-refractivity contribution >= 4 is 6.03 Å². The van der Waals surface area contributed by atoms with Crippen LogP contribution in [0.3, 0.4) is 0 Å². The van der Waals surface area contributed by atoms with Crippen molar-refractivity contribution in [2.75, 3.05) is 14.2 Å². The molecule has 0 aromatic heterocycles. The van der Waals surface area contributed by atoms with Crippen LogP contribution in [0.1, 0.15) is 32.4 Å². The zero-order valence-electron chi connectivity index (χ0n) is 14.0. The van der Waals surface area contributed by atoms with Crippen LogP contribution >= 0.6 is 0 Å². The van der Waals surface area contributed by atoms with Gasteiger partial charge in [0.05, 0.1) is 31.9 Å². The Kier molecular flexibility index (Phi) is 4.50. The number of carbonyl (C=O) groups is 1. The molecule has 6 nitrogen and oxygen atoms in total. The minimum atomic E-state index is -0.590. The van der Waals surface area contributed by atoms with Gasteiger partial charge in [-0.05, 0) is 6.07 Å². The molecule has 1 heterocycles. The van der Waals surface area contributed by atoms with Gasteiger partial charge < -0.3 is 20.1 Å². The average Bonchev–Trinajstić information content (AvgIpc) is 2.52. The molecule has 0 saturated heterocycles. The fourth-order valence-electron chi connectivity index (χ4n) is 2.65. The Morgan fingerprint density at radius 1 is 1.22 bits per heavy atom. The molecule has 6 heteroatoms. The lowest BCUT2D eigenvalue weighted by atomic mass is 9.84. The van der Waals surface area contributed by atoms with Crippen LogP contribution in [0.15, 0.2) is 29.5 Å². The van der Waals surface area contributed by atoms with Crippen LogP contribution in [-0.2, 0) is 0 Å². The molecule has 2 rings (SSSR count). The summed E-state index contributed by atoms with van der Waals surface area (Å²) in [5, 5.41) is 15.2. The lowest BCUT2D eigenvalue weighted by molar-refractivity contribution is 0.234. The fourth-order valence-corrected chi connectivity index (χ4v) is 2.65. The summed E-state index contributed by atoms with van der Waals surface area (Å²) in [6.07, 6.45) is 0. The minimum Gasteiger partial charge on any atom is -0.493 e. The highest BCUT2D eigenvalue weighted by molar-refractivity contribution is 5.80. The summed E-state index contributed by atoms with van der Waals surface area (Å²) in [4.78, 5) is 12.1. The van der Waals surface area contributed by atoms with E-state index in [1.165, 1.54) is 7.11 Å². The number of carbonyl (C=O) groups excluding carboxylic acids is 1. The first-order chi connectivity index (χ1) is 10.8. The van der Waals surface area contributed by atoms with E-state index in [0.717, 1.165) is 0 Å². The van der Waals surface area contributed by atoms with Gasteiger partial charge in [0.15, 0.2) is 11.5 Å². The van der Waals surface area contributed by atoms with Gasteiger partial charge in [0.1, 0.15) is 0 Å². The monoisotopic (exact) mass is 315 g/mol. The zero-order chi connectivity index (χ0) is 17.2. The highest BCUT2D eigenvalue weighted by atomic mass is 16.5. The van der Waals surface area contributed by atoms with Crippen molar-refractivity contribution in [3.05, 3.63) is 35.0 Å². The smallest absolute Gasteiger partial charge is 0.319 e. The Morgan fingerprint density at radius 2 is 1.91 bits per heavy atom. The van der Waals surface area contributed by atoms with E-state index < -0.39 is 6.04 Å². The third-order valence-electron chi connectivity index (χ3n) is 3.69. The van der Waals surface area contributed by atoms with Crippen LogP contribution in [0.25, 0.3) is 0 Å². The average molecular weight is 315 g/mol. The molecule has 0 spiro atoms. The maximum absolute atomic E-state index is 12.1. The molecule has 1 atom stereocenters. The molecule has 0 fully saturated rings. The highest BCUT2D eigenvalue weighted by Crippen LogP contribution is 2.40. The summed E-state index contributed by atoms with van der Waals surface area (Å²) in [6.45, 7) is 5.85. The minimum absolute atomic E-state index is 0.344. The third-order valence-corrected chi connectivity index (χ3v) is 3.69. The van der Waals surface area contributed by atoms with Crippen molar-refractivity contribution in [2.24, 2.45) is 5.41 Å². The zero-order valence-corrected chi connectivity index (χ0v) is 14.0. The van der Waals surface area contributed by atoms with Crippen molar-refractivity contribution in [3.8, 4) is 17.6 Å². The number of urea groups is 1. The standard InChI is InChI=1S/C17H21N3O3/c1-17(2,3)15-11(9-18)13(19-16(21)20-15)10-7-6-8-12(22-4)14(10)23-5/h6-8,13H,1-5H3,(H2,19,20,21)/t13-/m0/s1. The first-order valence-corrected chi connectivity index (χ1v) is 7.26. The number of rotatable bonds is 3. The first kappa shape index (κ1) is 16.7. The summed E-state index contributed by atoms with van der Waals surface area (Å²) >= 11 is 0. The molecule has 1 aromatic rings. The second-order valence-electron chi connectivity index (χ2n) is 6.26. The van der Waals surface area contributed by atoms with Gasteiger partial charge in [0.2, 0.25) is 0 Å². The number of nitrogens with one attached hydrogen (secondary N) is 2. The van der Waals surface area contributed by atoms with Gasteiger partial charge in [-0.2, -0.15) is 5.26 Å². The number of methoxy groups -OCH3 is 2. The van der Waals surface area contributed by atoms with Gasteiger partial charge in [-0.3, -0.25) is 0 Å². The van der Waals surface area contributed by atoms with Crippen LogP contribution in [-0.4, -0.2) is 20.3 Å². The van der Waals surface area contributed by atoms with Crippen LogP contribution < -0.4 is 20.1 Å². The summed E-state index contributed by atoms with van der Waals surface area (Å²) < 4.78 is 10.7. The molecule has 122 valence electrons. The maximum atomic E-state index is 12.1. The number of allylic oxidation sites excluding steroid dienone is 1. The second kappa shape index (κ2) is 6.21. The van der Waals surface area contributed by atoms with Gasteiger partial charge >= 0.3 is 6.03 Å². The molecule has 1 aromatic carbocycles. The van der Waals surface area contributed by atoms with Crippen molar-refractivity contribution in [3.63, 3.8) is 0 Å². The van der Waals surface area contributed by atoms with Gasteiger partial charge in [-0.25, -0.2) is 4.79 Å². The molecule has 0 aliphatic carbocycles. The molecular weight excluding hydrogens is 294 g/mol. The maximum Gasteiger partial charge on any atom is 0.319 e. The normalized spacial score (nSPS) is 17.9. The van der Waals surface area contributed by atoms with Crippen molar-refractivity contribution in [2.45, 2.75) is 26.8 Å². The predicted molar refractivity (Wildman–Crippen MR) is 86.0 cm³/mol. The SMILES string of the molecule is COc1cccc([C@@H]2NC(=O)NC(C(C)(C)C)=C2C#N)c1OC. The summed E-state index contributed by atoms with van der Waals surface area (Å²) in [6, 6.07) is 6.68. The number of nitriles is 1. The van der Waals surface area contributed by atoms with Gasteiger partial charge in [0.25, 0.3) is 0 Å². The van der Waals surface area contributed by atoms with Crippen LogP contribution in [0.4, 0.5) is 4.79 Å². The van der Waals surface area contributed by atoms with E-state index in [-0.39, 0.29) is 11.4 Å². The van der Waals surface area contributed by atoms with E-state index in [9.17, 15) is 10.1 Å². The van der Waals surface area contributed by atoms with Gasteiger partial charge in [-0.15, -0.1) is 0 Å². The largest absolute Gasteiger partial charge is 0.493 e. The van der Waals surface area contributed by atoms with E-state index >= 15 is 0 Å². The van der Waals surface area contributed by atoms with Crippen LogP contribution in [0, 0.1) is 16.7 Å². The first-order valence-electron chi connectivity index (χ1n) is 7.26. The Labute approximate surface area is 136 Å². The fraction of sp³-hybridized carbons (Fsp3) is 0.412. The highest BCUT2D eigenvalue weighted by Gasteiger charge is 2.35. The van der Waals surface area contributed by atoms with Crippen molar-refractivity contribution < 1.29 is 14.3 Å². The topological polar surface area (TPSA) is 83.4 Å². The molecule has 0 bridgehead atoms. The Hall–Kier alpha value is -2.68. The molecule has 2 N–H and O–H groups in total. The lowest BCUT2D eigenvalue weighted by Crippen LogP contribution is -2.46. The van der Waals surface area contributed by atoms with Crippen molar-refractivity contribution in [1.29, 1.82) is 5.26 Å². The Balaban J connectivity index is 2.67. The molecule has 0 saturated carbocycles. The number of ether oxygens (including phenoxy) is 2. The van der Waals surface area contributed by atoms with E-state index in [1.54, 1.807) is 19.2 Å². The number of para-hydroxylation sites is 1. The molecule has 0 radical (unpaired) electrons. The Morgan fingerprint density at radius 3 is 2.43 bits per heavy atom. The number of hydrogen-bond acceptors (Lipinski definition) is 4. The molecule has 2 amide bonds. The van der Waals surface area contributed by atoms with E-state index in [2.05, 4.69) is 16.7 Å². The molecule has 1 aliphatic rings. The van der Waals surface area contributed by atoms with Gasteiger partial charge in [0, 0.05) is 16.7 Å². The lowest BCUT2D eigenvalue weighted by Gasteiger charge is -2.33. The summed E-state index contributed by atoms with van der Waals surface area (Å²) in [5.74, 6) is 1.05. The number of benzene rings is 1. The number of nitrogens with zero attached hydrogens (tertiary/aromatic N) is 1. The number of hydrogen-bond donors (Lipinski definition) is 2. The quantitative estimate of drug-likeness (QED) is 0.898. The van der Waals surface area contributed by atoms with E-state index in [4.69, 9.17) is 9.47 Å². The van der Waals surface area contributed by atoms with Crippen LogP contribution in [0.2, 0.25) is 0 Å². The van der Waals surface area contributed by atoms with Crippen LogP contribution in [0.5, 0.6) is 11.5 Å². The summed E-state index contributed by atoms with van der Waals surface area (Å²) in [5.41, 5.74) is 1.38. The van der Waals surface area contributed by atoms with Gasteiger partial charge in [-0.1, -0.05) is 32.9 Å². The number of amides is 2. The second-order valence-corrected chi connectivity index (χ2v) is 6.26. The third kappa shape index (κ3) is 3.09. The van der Waals surface area contributed by atoms with E-state index in [1.807, 2.05) is 26.8 Å². The summed E-state index contributed by atoms with van der Waals surface area (Å²) in [7, 11) is 3.08. The molecule has 23 heavy (non-hydrogen) atoms. The van der Waals surface area contributed by atoms with E-state index in [0.29, 0.717) is 28.3 Å².